The van der Waals surface area contributed by atoms with E-state index >= 15 is 0 Å². The first-order valence-corrected chi connectivity index (χ1v) is 5.63. The Kier molecular flexibility index (Phi) is 3.08. The minimum atomic E-state index is -0.427. The number of non-ortho nitro benzene ring substituents is 1. The second-order valence-corrected chi connectivity index (χ2v) is 4.39. The lowest BCUT2D eigenvalue weighted by Gasteiger charge is -2.16. The predicted molar refractivity (Wildman–Crippen MR) is 62.4 cm³/mol. The molecule has 5 heteroatoms. The van der Waals surface area contributed by atoms with E-state index in [1.54, 1.807) is 12.1 Å². The lowest BCUT2D eigenvalue weighted by molar-refractivity contribution is -0.384. The van der Waals surface area contributed by atoms with Gasteiger partial charge in [0.2, 0.25) is 5.91 Å². The van der Waals surface area contributed by atoms with Crippen molar-refractivity contribution in [1.29, 1.82) is 0 Å². The summed E-state index contributed by atoms with van der Waals surface area (Å²) in [6, 6.07) is 6.41. The molecule has 1 aromatic rings. The molecule has 2 unspecified atom stereocenters. The Hall–Kier alpha value is -1.91. The first kappa shape index (κ1) is 11.6. The Morgan fingerprint density at radius 2 is 1.94 bits per heavy atom. The normalized spacial score (nSPS) is 23.5. The Bertz CT molecular complexity index is 442. The standard InChI is InChI=1S/C12H14N2O3/c13-12(15)11-3-1-2-10(11)8-4-6-9(7-5-8)14(16)17/h4-7,10-11H,1-3H2,(H2,13,15). The van der Waals surface area contributed by atoms with E-state index in [1.807, 2.05) is 0 Å². The van der Waals surface area contributed by atoms with Crippen LogP contribution in [0.25, 0.3) is 0 Å². The van der Waals surface area contributed by atoms with Crippen molar-refractivity contribution >= 4 is 11.6 Å². The number of amides is 1. The molecule has 0 heterocycles. The lowest BCUT2D eigenvalue weighted by Crippen LogP contribution is -2.25. The summed E-state index contributed by atoms with van der Waals surface area (Å²) in [5.74, 6) is -0.282. The van der Waals surface area contributed by atoms with E-state index in [2.05, 4.69) is 0 Å². The van der Waals surface area contributed by atoms with Gasteiger partial charge in [-0.2, -0.15) is 0 Å². The molecule has 2 N–H and O–H groups in total. The SMILES string of the molecule is NC(=O)C1CCCC1c1ccc([N+](=O)[O-])cc1. The van der Waals surface area contributed by atoms with E-state index in [1.165, 1.54) is 12.1 Å². The minimum absolute atomic E-state index is 0.0716. The van der Waals surface area contributed by atoms with Gasteiger partial charge >= 0.3 is 0 Å². The number of benzene rings is 1. The van der Waals surface area contributed by atoms with Crippen molar-refractivity contribution in [3.05, 3.63) is 39.9 Å². The zero-order chi connectivity index (χ0) is 12.4. The number of hydrogen-bond acceptors (Lipinski definition) is 3. The highest BCUT2D eigenvalue weighted by Crippen LogP contribution is 2.39. The third kappa shape index (κ3) is 2.27. The molecule has 5 nitrogen and oxygen atoms in total. The van der Waals surface area contributed by atoms with Gasteiger partial charge in [0.25, 0.3) is 5.69 Å². The van der Waals surface area contributed by atoms with Crippen LogP contribution in [0.15, 0.2) is 24.3 Å². The average molecular weight is 234 g/mol. The fourth-order valence-electron chi connectivity index (χ4n) is 2.54. The van der Waals surface area contributed by atoms with E-state index in [4.69, 9.17) is 5.73 Å². The Morgan fingerprint density at radius 1 is 1.29 bits per heavy atom. The highest BCUT2D eigenvalue weighted by Gasteiger charge is 2.32. The molecule has 0 aliphatic heterocycles. The van der Waals surface area contributed by atoms with Crippen LogP contribution in [-0.2, 0) is 4.79 Å². The predicted octanol–water partition coefficient (Wildman–Crippen LogP) is 1.96. The first-order valence-electron chi connectivity index (χ1n) is 5.63. The molecule has 1 aliphatic rings. The Morgan fingerprint density at radius 3 is 2.47 bits per heavy atom. The van der Waals surface area contributed by atoms with E-state index in [9.17, 15) is 14.9 Å². The van der Waals surface area contributed by atoms with Crippen LogP contribution in [0.4, 0.5) is 5.69 Å². The molecule has 2 atom stereocenters. The van der Waals surface area contributed by atoms with E-state index < -0.39 is 4.92 Å². The molecule has 1 saturated carbocycles. The number of nitrogens with zero attached hydrogens (tertiary/aromatic N) is 1. The number of nitrogens with two attached hydrogens (primary N) is 1. The van der Waals surface area contributed by atoms with E-state index in [0.29, 0.717) is 0 Å². The van der Waals surface area contributed by atoms with Gasteiger partial charge in [-0.3, -0.25) is 14.9 Å². The summed E-state index contributed by atoms with van der Waals surface area (Å²) in [5, 5.41) is 10.5. The van der Waals surface area contributed by atoms with Crippen molar-refractivity contribution < 1.29 is 9.72 Å². The smallest absolute Gasteiger partial charge is 0.269 e. The number of carbonyl (C=O) groups excluding carboxylic acids is 1. The molecule has 1 amide bonds. The van der Waals surface area contributed by atoms with Crippen LogP contribution in [0.1, 0.15) is 30.7 Å². The second kappa shape index (κ2) is 4.53. The molecule has 0 radical (unpaired) electrons. The third-order valence-corrected chi connectivity index (χ3v) is 3.41. The number of primary amides is 1. The van der Waals surface area contributed by atoms with E-state index in [0.717, 1.165) is 24.8 Å². The van der Waals surface area contributed by atoms with Crippen LogP contribution in [0.2, 0.25) is 0 Å². The largest absolute Gasteiger partial charge is 0.369 e. The third-order valence-electron chi connectivity index (χ3n) is 3.41. The fourth-order valence-corrected chi connectivity index (χ4v) is 2.54. The maximum atomic E-state index is 11.3. The molecule has 0 saturated heterocycles. The summed E-state index contributed by atoms with van der Waals surface area (Å²) in [4.78, 5) is 21.4. The molecule has 1 fully saturated rings. The minimum Gasteiger partial charge on any atom is -0.369 e. The number of carbonyl (C=O) groups is 1. The number of nitro groups is 1. The molecule has 90 valence electrons. The summed E-state index contributed by atoms with van der Waals surface area (Å²) in [6.07, 6.45) is 2.72. The van der Waals surface area contributed by atoms with Crippen molar-refractivity contribution in [3.8, 4) is 0 Å². The highest BCUT2D eigenvalue weighted by atomic mass is 16.6. The summed E-state index contributed by atoms with van der Waals surface area (Å²) in [6.45, 7) is 0. The molecular weight excluding hydrogens is 220 g/mol. The molecule has 17 heavy (non-hydrogen) atoms. The molecule has 1 aromatic carbocycles. The first-order chi connectivity index (χ1) is 8.09. The molecule has 1 aliphatic carbocycles. The van der Waals surface area contributed by atoms with Gasteiger partial charge in [-0.1, -0.05) is 18.6 Å². The molecule has 0 aromatic heterocycles. The monoisotopic (exact) mass is 234 g/mol. The maximum Gasteiger partial charge on any atom is 0.269 e. The van der Waals surface area contributed by atoms with Crippen LogP contribution in [-0.4, -0.2) is 10.8 Å². The van der Waals surface area contributed by atoms with Crippen LogP contribution in [0, 0.1) is 16.0 Å². The number of nitro benzene ring substituents is 1. The molecule has 0 bridgehead atoms. The van der Waals surface area contributed by atoms with Gasteiger partial charge in [0.1, 0.15) is 0 Å². The highest BCUT2D eigenvalue weighted by molar-refractivity contribution is 5.78. The topological polar surface area (TPSA) is 86.2 Å². The van der Waals surface area contributed by atoms with Gasteiger partial charge in [-0.15, -0.1) is 0 Å². The van der Waals surface area contributed by atoms with Crippen molar-refractivity contribution in [2.45, 2.75) is 25.2 Å². The van der Waals surface area contributed by atoms with E-state index in [-0.39, 0.29) is 23.4 Å². The summed E-state index contributed by atoms with van der Waals surface area (Å²) < 4.78 is 0. The van der Waals surface area contributed by atoms with Gasteiger partial charge in [0.15, 0.2) is 0 Å². The lowest BCUT2D eigenvalue weighted by atomic mass is 9.88. The van der Waals surface area contributed by atoms with Crippen LogP contribution < -0.4 is 5.73 Å². The van der Waals surface area contributed by atoms with Crippen molar-refractivity contribution in [2.24, 2.45) is 11.7 Å². The maximum absolute atomic E-state index is 11.3. The second-order valence-electron chi connectivity index (χ2n) is 4.39. The van der Waals surface area contributed by atoms with Crippen molar-refractivity contribution in [2.75, 3.05) is 0 Å². The number of hydrogen-bond donors (Lipinski definition) is 1. The quantitative estimate of drug-likeness (QED) is 0.640. The summed E-state index contributed by atoms with van der Waals surface area (Å²) >= 11 is 0. The molecular formula is C12H14N2O3. The van der Waals surface area contributed by atoms with Gasteiger partial charge in [0.05, 0.1) is 4.92 Å². The van der Waals surface area contributed by atoms with Gasteiger partial charge in [-0.05, 0) is 24.3 Å². The van der Waals surface area contributed by atoms with Crippen LogP contribution in [0.5, 0.6) is 0 Å². The molecule has 0 spiro atoms. The fraction of sp³-hybridized carbons (Fsp3) is 0.417. The Balaban J connectivity index is 2.22. The number of rotatable bonds is 3. The van der Waals surface area contributed by atoms with Gasteiger partial charge < -0.3 is 5.73 Å². The zero-order valence-electron chi connectivity index (χ0n) is 9.33. The summed E-state index contributed by atoms with van der Waals surface area (Å²) in [5.41, 5.74) is 6.40. The van der Waals surface area contributed by atoms with Gasteiger partial charge in [0, 0.05) is 18.1 Å². The van der Waals surface area contributed by atoms with Crippen LogP contribution in [0.3, 0.4) is 0 Å². The van der Waals surface area contributed by atoms with Gasteiger partial charge in [-0.25, -0.2) is 0 Å². The Labute approximate surface area is 98.8 Å². The van der Waals surface area contributed by atoms with Crippen molar-refractivity contribution in [3.63, 3.8) is 0 Å². The van der Waals surface area contributed by atoms with Crippen molar-refractivity contribution in [1.82, 2.24) is 0 Å². The average Bonchev–Trinajstić information content (AvgIpc) is 2.78. The zero-order valence-corrected chi connectivity index (χ0v) is 9.33. The molecule has 2 rings (SSSR count). The van der Waals surface area contributed by atoms with Crippen LogP contribution >= 0.6 is 0 Å². The summed E-state index contributed by atoms with van der Waals surface area (Å²) in [7, 11) is 0.